The molecule has 1 saturated carbocycles. The van der Waals surface area contributed by atoms with Crippen LogP contribution in [-0.4, -0.2) is 63.5 Å². The molecule has 0 atom stereocenters. The number of fused-ring (bicyclic) bond motifs is 1. The number of hydrogen-bond donors (Lipinski definition) is 2. The minimum absolute atomic E-state index is 0.0220. The number of hydrazine groups is 1. The first-order valence-corrected chi connectivity index (χ1v) is 10.6. The van der Waals surface area contributed by atoms with Crippen LogP contribution < -0.4 is 5.43 Å². The van der Waals surface area contributed by atoms with Crippen molar-refractivity contribution in [2.75, 3.05) is 26.2 Å². The largest absolute Gasteiger partial charge is 0.380 e. The molecular weight excluding hydrogens is 380 g/mol. The van der Waals surface area contributed by atoms with Gasteiger partial charge in [-0.05, 0) is 49.1 Å². The molecule has 1 aromatic rings. The number of benzene rings is 1. The van der Waals surface area contributed by atoms with Gasteiger partial charge in [0.1, 0.15) is 5.60 Å². The molecule has 1 aromatic carbocycles. The summed E-state index contributed by atoms with van der Waals surface area (Å²) in [7, 11) is 0. The third kappa shape index (κ3) is 3.29. The highest BCUT2D eigenvalue weighted by Crippen LogP contribution is 2.33. The second-order valence-corrected chi connectivity index (χ2v) is 8.36. The highest BCUT2D eigenvalue weighted by atomic mass is 16.3. The Bertz CT molecular complexity index is 951. The fourth-order valence-corrected chi connectivity index (χ4v) is 4.35. The highest BCUT2D eigenvalue weighted by molar-refractivity contribution is 5.95. The molecule has 0 spiro atoms. The van der Waals surface area contributed by atoms with E-state index in [1.54, 1.807) is 9.80 Å². The van der Waals surface area contributed by atoms with Gasteiger partial charge in [-0.1, -0.05) is 18.2 Å². The SMILES string of the molecule is O=C(c1ccc(C2=CC=C3CC=CN3N2)cc1)N1CCN(C(=O)C2(O)CCC2)CC1. The van der Waals surface area contributed by atoms with Crippen molar-refractivity contribution in [2.45, 2.75) is 31.3 Å². The van der Waals surface area contributed by atoms with E-state index in [1.807, 2.05) is 35.5 Å². The smallest absolute Gasteiger partial charge is 0.254 e. The van der Waals surface area contributed by atoms with Gasteiger partial charge in [0.05, 0.1) is 5.70 Å². The molecule has 1 aliphatic carbocycles. The van der Waals surface area contributed by atoms with Crippen molar-refractivity contribution < 1.29 is 14.7 Å². The van der Waals surface area contributed by atoms with E-state index in [4.69, 9.17) is 0 Å². The maximum absolute atomic E-state index is 12.9. The van der Waals surface area contributed by atoms with Crippen LogP contribution in [0.2, 0.25) is 0 Å². The van der Waals surface area contributed by atoms with Crippen LogP contribution in [-0.2, 0) is 4.79 Å². The topological polar surface area (TPSA) is 76.1 Å². The first-order valence-electron chi connectivity index (χ1n) is 10.6. The van der Waals surface area contributed by atoms with Crippen LogP contribution in [0.4, 0.5) is 0 Å². The number of nitrogens with one attached hydrogen (secondary N) is 1. The zero-order valence-electron chi connectivity index (χ0n) is 16.9. The van der Waals surface area contributed by atoms with Crippen LogP contribution in [0.15, 0.2) is 54.4 Å². The Hall–Kier alpha value is -3.06. The molecule has 1 saturated heterocycles. The summed E-state index contributed by atoms with van der Waals surface area (Å²) in [6, 6.07) is 7.62. The summed E-state index contributed by atoms with van der Waals surface area (Å²) in [4.78, 5) is 28.8. The molecule has 2 amide bonds. The summed E-state index contributed by atoms with van der Waals surface area (Å²) in [5.41, 5.74) is 6.07. The number of aliphatic hydroxyl groups is 1. The van der Waals surface area contributed by atoms with E-state index < -0.39 is 5.60 Å². The standard InChI is InChI=1S/C23H26N4O3/c28-21(25-13-15-26(16-14-25)22(29)23(30)10-2-11-23)18-6-4-17(5-7-18)20-9-8-19-3-1-12-27(19)24-20/h1,4-9,12,24,30H,2-3,10-11,13-16H2. The predicted octanol–water partition coefficient (Wildman–Crippen LogP) is 1.85. The molecule has 5 rings (SSSR count). The molecule has 7 heteroatoms. The number of nitrogens with zero attached hydrogens (tertiary/aromatic N) is 3. The van der Waals surface area contributed by atoms with Crippen LogP contribution in [0, 0.1) is 0 Å². The van der Waals surface area contributed by atoms with Gasteiger partial charge in [-0.2, -0.15) is 0 Å². The molecule has 0 bridgehead atoms. The molecule has 4 aliphatic rings. The van der Waals surface area contributed by atoms with Gasteiger partial charge >= 0.3 is 0 Å². The van der Waals surface area contributed by atoms with Gasteiger partial charge in [0.2, 0.25) is 0 Å². The number of allylic oxidation sites excluding steroid dienone is 3. The van der Waals surface area contributed by atoms with Gasteiger partial charge in [0.25, 0.3) is 11.8 Å². The number of carbonyl (C=O) groups excluding carboxylic acids is 2. The second-order valence-electron chi connectivity index (χ2n) is 8.36. The molecule has 30 heavy (non-hydrogen) atoms. The van der Waals surface area contributed by atoms with E-state index in [-0.39, 0.29) is 11.8 Å². The van der Waals surface area contributed by atoms with Crippen molar-refractivity contribution in [3.63, 3.8) is 0 Å². The minimum Gasteiger partial charge on any atom is -0.380 e. The average Bonchev–Trinajstić information content (AvgIpc) is 3.24. The number of hydrogen-bond acceptors (Lipinski definition) is 5. The van der Waals surface area contributed by atoms with Crippen molar-refractivity contribution in [1.82, 2.24) is 20.2 Å². The normalized spacial score (nSPS) is 22.0. The lowest BCUT2D eigenvalue weighted by atomic mass is 9.79. The quantitative estimate of drug-likeness (QED) is 0.801. The molecule has 2 fully saturated rings. The molecule has 0 radical (unpaired) electrons. The first kappa shape index (κ1) is 18.9. The fourth-order valence-electron chi connectivity index (χ4n) is 4.35. The van der Waals surface area contributed by atoms with Gasteiger partial charge < -0.3 is 14.9 Å². The maximum Gasteiger partial charge on any atom is 0.254 e. The van der Waals surface area contributed by atoms with Crippen LogP contribution in [0.5, 0.6) is 0 Å². The molecular formula is C23H26N4O3. The highest BCUT2D eigenvalue weighted by Gasteiger charge is 2.45. The zero-order chi connectivity index (χ0) is 20.7. The van der Waals surface area contributed by atoms with Gasteiger partial charge in [0, 0.05) is 50.1 Å². The molecule has 3 aliphatic heterocycles. The summed E-state index contributed by atoms with van der Waals surface area (Å²) < 4.78 is 0. The zero-order valence-corrected chi connectivity index (χ0v) is 16.9. The van der Waals surface area contributed by atoms with Crippen LogP contribution >= 0.6 is 0 Å². The summed E-state index contributed by atoms with van der Waals surface area (Å²) in [6.07, 6.45) is 11.2. The third-order valence-corrected chi connectivity index (χ3v) is 6.45. The lowest BCUT2D eigenvalue weighted by Crippen LogP contribution is -2.58. The second kappa shape index (κ2) is 7.32. The van der Waals surface area contributed by atoms with E-state index >= 15 is 0 Å². The van der Waals surface area contributed by atoms with Gasteiger partial charge in [0.15, 0.2) is 0 Å². The lowest BCUT2D eigenvalue weighted by molar-refractivity contribution is -0.161. The van der Waals surface area contributed by atoms with Gasteiger partial charge in [-0.15, -0.1) is 0 Å². The van der Waals surface area contributed by atoms with Gasteiger partial charge in [-0.25, -0.2) is 0 Å². The minimum atomic E-state index is -1.16. The monoisotopic (exact) mass is 406 g/mol. The number of carbonyl (C=O) groups is 2. The Kier molecular flexibility index (Phi) is 4.62. The Morgan fingerprint density at radius 1 is 0.967 bits per heavy atom. The molecule has 156 valence electrons. The van der Waals surface area contributed by atoms with E-state index in [0.29, 0.717) is 44.6 Å². The Balaban J connectivity index is 1.20. The molecule has 0 aromatic heterocycles. The molecule has 0 unspecified atom stereocenters. The fraction of sp³-hybridized carbons (Fsp3) is 0.391. The Morgan fingerprint density at radius 3 is 2.33 bits per heavy atom. The predicted molar refractivity (Wildman–Crippen MR) is 113 cm³/mol. The van der Waals surface area contributed by atoms with Crippen LogP contribution in [0.25, 0.3) is 5.70 Å². The number of amides is 2. The van der Waals surface area contributed by atoms with Crippen LogP contribution in [0.1, 0.15) is 41.6 Å². The number of piperazine rings is 1. The lowest BCUT2D eigenvalue weighted by Gasteiger charge is -2.42. The average molecular weight is 406 g/mol. The number of rotatable bonds is 3. The summed E-state index contributed by atoms with van der Waals surface area (Å²) in [5.74, 6) is -0.199. The summed E-state index contributed by atoms with van der Waals surface area (Å²) >= 11 is 0. The van der Waals surface area contributed by atoms with Crippen LogP contribution in [0.3, 0.4) is 0 Å². The van der Waals surface area contributed by atoms with Gasteiger partial charge in [-0.3, -0.25) is 20.0 Å². The van der Waals surface area contributed by atoms with Crippen molar-refractivity contribution in [2.24, 2.45) is 0 Å². The van der Waals surface area contributed by atoms with E-state index in [9.17, 15) is 14.7 Å². The maximum atomic E-state index is 12.9. The van der Waals surface area contributed by atoms with E-state index in [0.717, 1.165) is 24.1 Å². The van der Waals surface area contributed by atoms with E-state index in [1.165, 1.54) is 5.70 Å². The van der Waals surface area contributed by atoms with E-state index in [2.05, 4.69) is 23.7 Å². The summed E-state index contributed by atoms with van der Waals surface area (Å²) in [5, 5.41) is 12.3. The van der Waals surface area contributed by atoms with Crippen molar-refractivity contribution in [1.29, 1.82) is 0 Å². The Morgan fingerprint density at radius 2 is 1.67 bits per heavy atom. The molecule has 2 N–H and O–H groups in total. The third-order valence-electron chi connectivity index (χ3n) is 6.45. The van der Waals surface area contributed by atoms with Crippen molar-refractivity contribution >= 4 is 17.5 Å². The molecule has 3 heterocycles. The first-order chi connectivity index (χ1) is 14.5. The molecule has 7 nitrogen and oxygen atoms in total. The Labute approximate surface area is 175 Å². The summed E-state index contributed by atoms with van der Waals surface area (Å²) in [6.45, 7) is 1.92. The van der Waals surface area contributed by atoms with Crippen molar-refractivity contribution in [3.05, 3.63) is 65.5 Å². The van der Waals surface area contributed by atoms with Crippen molar-refractivity contribution in [3.8, 4) is 0 Å².